The Morgan fingerprint density at radius 2 is 2.07 bits per heavy atom. The van der Waals surface area contributed by atoms with Crippen molar-refractivity contribution in [3.63, 3.8) is 0 Å². The van der Waals surface area contributed by atoms with E-state index in [1.165, 1.54) is 13.2 Å². The molecular formula is C10H9FO4. The molecule has 15 heavy (non-hydrogen) atoms. The lowest BCUT2D eigenvalue weighted by molar-refractivity contribution is -0.136. The maximum absolute atomic E-state index is 13.0. The van der Waals surface area contributed by atoms with Crippen LogP contribution in [0, 0.1) is 5.82 Å². The van der Waals surface area contributed by atoms with E-state index in [2.05, 4.69) is 4.74 Å². The fraction of sp³-hybridized carbons (Fsp3) is 0.200. The quantitative estimate of drug-likeness (QED) is 0.765. The molecule has 0 radical (unpaired) electrons. The summed E-state index contributed by atoms with van der Waals surface area (Å²) < 4.78 is 17.4. The zero-order chi connectivity index (χ0) is 11.4. The Labute approximate surface area is 85.3 Å². The van der Waals surface area contributed by atoms with Gasteiger partial charge in [0.15, 0.2) is 0 Å². The van der Waals surface area contributed by atoms with Crippen molar-refractivity contribution < 1.29 is 23.8 Å². The minimum absolute atomic E-state index is 0.00810. The van der Waals surface area contributed by atoms with E-state index in [0.717, 1.165) is 12.1 Å². The molecule has 0 amide bonds. The van der Waals surface area contributed by atoms with Gasteiger partial charge in [-0.25, -0.2) is 9.18 Å². The van der Waals surface area contributed by atoms with Crippen LogP contribution in [0.25, 0.3) is 0 Å². The number of aliphatic carboxylic acids is 1. The van der Waals surface area contributed by atoms with Gasteiger partial charge in [-0.1, -0.05) is 0 Å². The molecule has 1 rings (SSSR count). The number of rotatable bonds is 3. The molecule has 1 aromatic carbocycles. The molecule has 0 unspecified atom stereocenters. The van der Waals surface area contributed by atoms with Crippen LogP contribution in [0.5, 0.6) is 0 Å². The third kappa shape index (κ3) is 3.05. The summed E-state index contributed by atoms with van der Waals surface area (Å²) in [5.41, 5.74) is 0.233. The van der Waals surface area contributed by atoms with Crippen LogP contribution in [-0.4, -0.2) is 24.2 Å². The summed E-state index contributed by atoms with van der Waals surface area (Å²) in [6.45, 7) is 0. The fourth-order valence-electron chi connectivity index (χ4n) is 1.16. The smallest absolute Gasteiger partial charge is 0.337 e. The molecule has 0 atom stereocenters. The summed E-state index contributed by atoms with van der Waals surface area (Å²) in [7, 11) is 1.17. The Kier molecular flexibility index (Phi) is 3.38. The summed E-state index contributed by atoms with van der Waals surface area (Å²) in [6, 6.07) is 3.36. The van der Waals surface area contributed by atoms with Crippen molar-refractivity contribution in [3.05, 3.63) is 35.1 Å². The molecule has 0 bridgehead atoms. The first-order chi connectivity index (χ1) is 7.02. The van der Waals surface area contributed by atoms with Crippen molar-refractivity contribution >= 4 is 11.9 Å². The third-order valence-electron chi connectivity index (χ3n) is 1.73. The molecule has 4 nitrogen and oxygen atoms in total. The molecule has 0 heterocycles. The number of halogens is 1. The lowest BCUT2D eigenvalue weighted by atomic mass is 10.1. The van der Waals surface area contributed by atoms with E-state index < -0.39 is 17.8 Å². The highest BCUT2D eigenvalue weighted by Gasteiger charge is 2.10. The van der Waals surface area contributed by atoms with E-state index in [0.29, 0.717) is 0 Å². The van der Waals surface area contributed by atoms with Gasteiger partial charge in [-0.15, -0.1) is 0 Å². The van der Waals surface area contributed by atoms with E-state index >= 15 is 0 Å². The van der Waals surface area contributed by atoms with Gasteiger partial charge in [0.05, 0.1) is 19.1 Å². The molecule has 0 aliphatic rings. The number of methoxy groups -OCH3 is 1. The van der Waals surface area contributed by atoms with Gasteiger partial charge in [0.2, 0.25) is 0 Å². The highest BCUT2D eigenvalue weighted by molar-refractivity contribution is 5.89. The van der Waals surface area contributed by atoms with Crippen molar-refractivity contribution in [1.82, 2.24) is 0 Å². The highest BCUT2D eigenvalue weighted by Crippen LogP contribution is 2.11. The molecule has 0 spiro atoms. The van der Waals surface area contributed by atoms with Gasteiger partial charge in [-0.05, 0) is 23.8 Å². The van der Waals surface area contributed by atoms with E-state index in [1.807, 2.05) is 0 Å². The molecule has 0 saturated carbocycles. The zero-order valence-corrected chi connectivity index (χ0v) is 7.99. The van der Waals surface area contributed by atoms with Crippen LogP contribution in [0.3, 0.4) is 0 Å². The number of ether oxygens (including phenoxy) is 1. The Morgan fingerprint density at radius 3 is 2.60 bits per heavy atom. The standard InChI is InChI=1S/C10H9FO4/c1-15-10(14)7-2-6(4-9(12)13)3-8(11)5-7/h2-3,5H,4H2,1H3,(H,12,13). The second-order valence-corrected chi connectivity index (χ2v) is 2.91. The number of carbonyl (C=O) groups excluding carboxylic acids is 1. The van der Waals surface area contributed by atoms with Gasteiger partial charge in [0.25, 0.3) is 0 Å². The average molecular weight is 212 g/mol. The largest absolute Gasteiger partial charge is 0.481 e. The monoisotopic (exact) mass is 212 g/mol. The van der Waals surface area contributed by atoms with Gasteiger partial charge in [0.1, 0.15) is 5.82 Å². The number of hydrogen-bond donors (Lipinski definition) is 1. The first-order valence-electron chi connectivity index (χ1n) is 4.12. The minimum atomic E-state index is -1.09. The average Bonchev–Trinajstić information content (AvgIpc) is 2.14. The number of carboxylic acids is 1. The maximum atomic E-state index is 13.0. The Balaban J connectivity index is 3.04. The van der Waals surface area contributed by atoms with E-state index in [-0.39, 0.29) is 17.5 Å². The van der Waals surface area contributed by atoms with Crippen molar-refractivity contribution in [1.29, 1.82) is 0 Å². The summed E-state index contributed by atoms with van der Waals surface area (Å²) >= 11 is 0. The lowest BCUT2D eigenvalue weighted by Gasteiger charge is -2.02. The maximum Gasteiger partial charge on any atom is 0.337 e. The SMILES string of the molecule is COC(=O)c1cc(F)cc(CC(=O)O)c1. The summed E-state index contributed by atoms with van der Waals surface area (Å²) in [4.78, 5) is 21.5. The van der Waals surface area contributed by atoms with Gasteiger partial charge in [-0.3, -0.25) is 4.79 Å². The van der Waals surface area contributed by atoms with Gasteiger partial charge in [0, 0.05) is 0 Å². The fourth-order valence-corrected chi connectivity index (χ4v) is 1.16. The van der Waals surface area contributed by atoms with Crippen molar-refractivity contribution in [2.24, 2.45) is 0 Å². The van der Waals surface area contributed by atoms with Crippen LogP contribution in [0.2, 0.25) is 0 Å². The van der Waals surface area contributed by atoms with Crippen LogP contribution >= 0.6 is 0 Å². The van der Waals surface area contributed by atoms with E-state index in [4.69, 9.17) is 5.11 Å². The van der Waals surface area contributed by atoms with Crippen molar-refractivity contribution in [2.75, 3.05) is 7.11 Å². The zero-order valence-electron chi connectivity index (χ0n) is 7.99. The first-order valence-corrected chi connectivity index (χ1v) is 4.12. The molecular weight excluding hydrogens is 203 g/mol. The van der Waals surface area contributed by atoms with Crippen LogP contribution in [0.15, 0.2) is 18.2 Å². The van der Waals surface area contributed by atoms with Crippen molar-refractivity contribution in [2.45, 2.75) is 6.42 Å². The van der Waals surface area contributed by atoms with Crippen LogP contribution in [0.1, 0.15) is 15.9 Å². The van der Waals surface area contributed by atoms with Crippen LogP contribution in [-0.2, 0) is 16.0 Å². The molecule has 0 aliphatic heterocycles. The number of carbonyl (C=O) groups is 2. The number of carboxylic acid groups (broad SMARTS) is 1. The normalized spacial score (nSPS) is 9.73. The molecule has 0 aromatic heterocycles. The number of benzene rings is 1. The number of hydrogen-bond acceptors (Lipinski definition) is 3. The van der Waals surface area contributed by atoms with Crippen molar-refractivity contribution in [3.8, 4) is 0 Å². The Hall–Kier alpha value is -1.91. The predicted octanol–water partition coefficient (Wildman–Crippen LogP) is 1.24. The summed E-state index contributed by atoms with van der Waals surface area (Å²) in [5, 5.41) is 8.51. The number of esters is 1. The summed E-state index contributed by atoms with van der Waals surface area (Å²) in [6.07, 6.45) is -0.332. The molecule has 0 saturated heterocycles. The molecule has 5 heteroatoms. The third-order valence-corrected chi connectivity index (χ3v) is 1.73. The van der Waals surface area contributed by atoms with Crippen LogP contribution < -0.4 is 0 Å². The topological polar surface area (TPSA) is 63.6 Å². The minimum Gasteiger partial charge on any atom is -0.481 e. The first kappa shape index (κ1) is 11.2. The Bertz CT molecular complexity index is 400. The second-order valence-electron chi connectivity index (χ2n) is 2.91. The van der Waals surface area contributed by atoms with Crippen LogP contribution in [0.4, 0.5) is 4.39 Å². The molecule has 80 valence electrons. The van der Waals surface area contributed by atoms with Gasteiger partial charge >= 0.3 is 11.9 Å². The van der Waals surface area contributed by atoms with Gasteiger partial charge < -0.3 is 9.84 Å². The van der Waals surface area contributed by atoms with Gasteiger partial charge in [-0.2, -0.15) is 0 Å². The molecule has 1 aromatic rings. The second kappa shape index (κ2) is 4.54. The molecule has 0 aliphatic carbocycles. The van der Waals surface area contributed by atoms with E-state index in [1.54, 1.807) is 0 Å². The van der Waals surface area contributed by atoms with E-state index in [9.17, 15) is 14.0 Å². The predicted molar refractivity (Wildman–Crippen MR) is 49.1 cm³/mol. The Morgan fingerprint density at radius 1 is 1.40 bits per heavy atom. The lowest BCUT2D eigenvalue weighted by Crippen LogP contribution is -2.05. The molecule has 0 fully saturated rings. The highest BCUT2D eigenvalue weighted by atomic mass is 19.1. The summed E-state index contributed by atoms with van der Waals surface area (Å²) in [5.74, 6) is -2.44. The molecule has 1 N–H and O–H groups in total.